The van der Waals surface area contributed by atoms with Crippen molar-refractivity contribution in [1.29, 1.82) is 0 Å². The minimum absolute atomic E-state index is 0.230. The second-order valence-electron chi connectivity index (χ2n) is 5.33. The van der Waals surface area contributed by atoms with Crippen LogP contribution in [-0.2, 0) is 4.79 Å². The zero-order chi connectivity index (χ0) is 17.7. The maximum absolute atomic E-state index is 10.6. The molecule has 1 aromatic carbocycles. The van der Waals surface area contributed by atoms with Crippen molar-refractivity contribution in [3.8, 4) is 11.8 Å². The SMILES string of the molecule is C=C(NCC(=O)O)c1nc(Cl)c(C#Cc2ccc(C)cc2)cc1C. The highest BCUT2D eigenvalue weighted by atomic mass is 35.5. The Bertz CT molecular complexity index is 846. The molecule has 24 heavy (non-hydrogen) atoms. The number of halogens is 1. The number of carbonyl (C=O) groups is 1. The molecule has 0 amide bonds. The zero-order valence-corrected chi connectivity index (χ0v) is 14.2. The molecule has 2 rings (SSSR count). The summed E-state index contributed by atoms with van der Waals surface area (Å²) in [5, 5.41) is 11.7. The second-order valence-corrected chi connectivity index (χ2v) is 5.69. The number of hydrogen-bond acceptors (Lipinski definition) is 3. The van der Waals surface area contributed by atoms with E-state index in [0.29, 0.717) is 17.0 Å². The molecule has 0 spiro atoms. The maximum atomic E-state index is 10.6. The molecule has 2 aromatic rings. The average Bonchev–Trinajstić information content (AvgIpc) is 2.54. The van der Waals surface area contributed by atoms with E-state index in [-0.39, 0.29) is 11.7 Å². The van der Waals surface area contributed by atoms with Gasteiger partial charge >= 0.3 is 5.97 Å². The molecule has 0 aliphatic rings. The summed E-state index contributed by atoms with van der Waals surface area (Å²) in [6, 6.07) is 9.71. The summed E-state index contributed by atoms with van der Waals surface area (Å²) in [5.41, 5.74) is 4.44. The number of aromatic nitrogens is 1. The summed E-state index contributed by atoms with van der Waals surface area (Å²) < 4.78 is 0. The molecule has 0 fully saturated rings. The van der Waals surface area contributed by atoms with Gasteiger partial charge in [-0.05, 0) is 37.6 Å². The second kappa shape index (κ2) is 7.67. The third kappa shape index (κ3) is 4.61. The highest BCUT2D eigenvalue weighted by molar-refractivity contribution is 6.30. The molecule has 2 N–H and O–H groups in total. The summed E-state index contributed by atoms with van der Waals surface area (Å²) in [4.78, 5) is 14.9. The molecule has 4 nitrogen and oxygen atoms in total. The van der Waals surface area contributed by atoms with Crippen molar-refractivity contribution < 1.29 is 9.90 Å². The molecule has 122 valence electrons. The summed E-state index contributed by atoms with van der Waals surface area (Å²) >= 11 is 6.20. The van der Waals surface area contributed by atoms with E-state index in [0.717, 1.165) is 11.1 Å². The Balaban J connectivity index is 2.25. The highest BCUT2D eigenvalue weighted by Crippen LogP contribution is 2.20. The first-order valence-electron chi connectivity index (χ1n) is 7.27. The van der Waals surface area contributed by atoms with Gasteiger partial charge in [-0.3, -0.25) is 4.79 Å². The Labute approximate surface area is 146 Å². The monoisotopic (exact) mass is 340 g/mol. The van der Waals surface area contributed by atoms with Gasteiger partial charge in [-0.15, -0.1) is 0 Å². The Hall–Kier alpha value is -2.77. The third-order valence-electron chi connectivity index (χ3n) is 3.30. The van der Waals surface area contributed by atoms with Gasteiger partial charge in [0, 0.05) is 5.56 Å². The van der Waals surface area contributed by atoms with Gasteiger partial charge in [-0.25, -0.2) is 4.98 Å². The van der Waals surface area contributed by atoms with Gasteiger partial charge in [-0.2, -0.15) is 0 Å². The minimum Gasteiger partial charge on any atom is -0.480 e. The Morgan fingerprint density at radius 3 is 2.58 bits per heavy atom. The number of carboxylic acids is 1. The summed E-state index contributed by atoms with van der Waals surface area (Å²) in [6.45, 7) is 7.44. The van der Waals surface area contributed by atoms with Gasteiger partial charge in [0.1, 0.15) is 11.7 Å². The van der Waals surface area contributed by atoms with E-state index < -0.39 is 5.97 Å². The molecule has 0 aliphatic heterocycles. The van der Waals surface area contributed by atoms with E-state index in [1.807, 2.05) is 44.2 Å². The number of carboxylic acid groups (broad SMARTS) is 1. The van der Waals surface area contributed by atoms with Crippen molar-refractivity contribution in [2.45, 2.75) is 13.8 Å². The number of nitrogens with zero attached hydrogens (tertiary/aromatic N) is 1. The lowest BCUT2D eigenvalue weighted by Crippen LogP contribution is -2.21. The van der Waals surface area contributed by atoms with Crippen molar-refractivity contribution in [2.75, 3.05) is 6.54 Å². The lowest BCUT2D eigenvalue weighted by Gasteiger charge is -2.11. The van der Waals surface area contributed by atoms with E-state index in [1.54, 1.807) is 0 Å². The first kappa shape index (κ1) is 17.6. The van der Waals surface area contributed by atoms with E-state index in [9.17, 15) is 4.79 Å². The van der Waals surface area contributed by atoms with Crippen LogP contribution in [0.5, 0.6) is 0 Å². The van der Waals surface area contributed by atoms with E-state index in [4.69, 9.17) is 16.7 Å². The Kier molecular flexibility index (Phi) is 5.62. The fourth-order valence-corrected chi connectivity index (χ4v) is 2.21. The van der Waals surface area contributed by atoms with Crippen LogP contribution in [0, 0.1) is 25.7 Å². The van der Waals surface area contributed by atoms with Crippen molar-refractivity contribution in [3.63, 3.8) is 0 Å². The lowest BCUT2D eigenvalue weighted by molar-refractivity contribution is -0.135. The lowest BCUT2D eigenvalue weighted by atomic mass is 10.1. The smallest absolute Gasteiger partial charge is 0.322 e. The van der Waals surface area contributed by atoms with Crippen molar-refractivity contribution in [1.82, 2.24) is 10.3 Å². The summed E-state index contributed by atoms with van der Waals surface area (Å²) in [7, 11) is 0. The van der Waals surface area contributed by atoms with Crippen LogP contribution in [0.3, 0.4) is 0 Å². The fourth-order valence-electron chi connectivity index (χ4n) is 2.03. The number of aryl methyl sites for hydroxylation is 2. The van der Waals surface area contributed by atoms with Crippen LogP contribution in [0.4, 0.5) is 0 Å². The predicted molar refractivity (Wildman–Crippen MR) is 95.8 cm³/mol. The van der Waals surface area contributed by atoms with Crippen molar-refractivity contribution in [2.24, 2.45) is 0 Å². The first-order chi connectivity index (χ1) is 11.4. The largest absolute Gasteiger partial charge is 0.480 e. The number of pyridine rings is 1. The van der Waals surface area contributed by atoms with Gasteiger partial charge in [0.25, 0.3) is 0 Å². The Morgan fingerprint density at radius 2 is 1.96 bits per heavy atom. The van der Waals surface area contributed by atoms with Crippen LogP contribution < -0.4 is 5.32 Å². The molecule has 0 unspecified atom stereocenters. The molecular formula is C19H17ClN2O2. The minimum atomic E-state index is -0.972. The summed E-state index contributed by atoms with van der Waals surface area (Å²) in [6.07, 6.45) is 0. The van der Waals surface area contributed by atoms with Gasteiger partial charge in [-0.1, -0.05) is 47.7 Å². The number of rotatable bonds is 4. The van der Waals surface area contributed by atoms with Crippen molar-refractivity contribution in [3.05, 3.63) is 70.0 Å². The molecule has 0 aliphatic carbocycles. The molecule has 0 saturated heterocycles. The third-order valence-corrected chi connectivity index (χ3v) is 3.59. The van der Waals surface area contributed by atoms with Crippen LogP contribution >= 0.6 is 11.6 Å². The molecule has 5 heteroatoms. The quantitative estimate of drug-likeness (QED) is 0.661. The molecule has 1 heterocycles. The summed E-state index contributed by atoms with van der Waals surface area (Å²) in [5.74, 6) is 5.10. The van der Waals surface area contributed by atoms with Crippen LogP contribution in [0.15, 0.2) is 36.9 Å². The molecule has 0 bridgehead atoms. The van der Waals surface area contributed by atoms with Gasteiger partial charge < -0.3 is 10.4 Å². The highest BCUT2D eigenvalue weighted by Gasteiger charge is 2.10. The van der Waals surface area contributed by atoms with E-state index >= 15 is 0 Å². The Morgan fingerprint density at radius 1 is 1.29 bits per heavy atom. The average molecular weight is 341 g/mol. The fraction of sp³-hybridized carbons (Fsp3) is 0.158. The molecule has 0 atom stereocenters. The van der Waals surface area contributed by atoms with Gasteiger partial charge in [0.15, 0.2) is 0 Å². The van der Waals surface area contributed by atoms with Gasteiger partial charge in [0.05, 0.1) is 17.0 Å². The van der Waals surface area contributed by atoms with Crippen molar-refractivity contribution >= 4 is 23.3 Å². The molecule has 1 aromatic heterocycles. The first-order valence-corrected chi connectivity index (χ1v) is 7.65. The number of aliphatic carboxylic acids is 1. The van der Waals surface area contributed by atoms with Crippen LogP contribution in [0.2, 0.25) is 5.15 Å². The van der Waals surface area contributed by atoms with Crippen LogP contribution in [-0.4, -0.2) is 22.6 Å². The number of benzene rings is 1. The molecular weight excluding hydrogens is 324 g/mol. The topological polar surface area (TPSA) is 62.2 Å². The van der Waals surface area contributed by atoms with E-state index in [1.165, 1.54) is 5.56 Å². The van der Waals surface area contributed by atoms with Crippen LogP contribution in [0.1, 0.15) is 27.9 Å². The van der Waals surface area contributed by atoms with Gasteiger partial charge in [0.2, 0.25) is 0 Å². The number of nitrogens with one attached hydrogen (secondary N) is 1. The molecule has 0 radical (unpaired) electrons. The molecule has 0 saturated carbocycles. The maximum Gasteiger partial charge on any atom is 0.322 e. The standard InChI is InChI=1S/C19H17ClN2O2/c1-12-4-6-15(7-5-12)8-9-16-10-13(2)18(22-19(16)20)14(3)21-11-17(23)24/h4-7,10,21H,3,11H2,1-2H3,(H,23,24). The van der Waals surface area contributed by atoms with E-state index in [2.05, 4.69) is 28.7 Å². The zero-order valence-electron chi connectivity index (χ0n) is 13.5. The van der Waals surface area contributed by atoms with Crippen LogP contribution in [0.25, 0.3) is 5.70 Å². The number of hydrogen-bond donors (Lipinski definition) is 2. The normalized spacial score (nSPS) is 9.79. The predicted octanol–water partition coefficient (Wildman–Crippen LogP) is 3.40.